The maximum Gasteiger partial charge on any atom is 0.263 e. The third-order valence-corrected chi connectivity index (χ3v) is 5.19. The molecule has 0 saturated carbocycles. The maximum absolute atomic E-state index is 12.8. The molecule has 0 spiro atoms. The minimum Gasteiger partial charge on any atom is -0.360 e. The van der Waals surface area contributed by atoms with E-state index in [0.717, 1.165) is 23.4 Å². The molecular weight excluding hydrogens is 372 g/mol. The molecule has 0 aliphatic rings. The average molecular weight is 390 g/mol. The van der Waals surface area contributed by atoms with Crippen molar-refractivity contribution in [2.24, 2.45) is 0 Å². The molecule has 0 atom stereocenters. The minimum atomic E-state index is -0.302. The average Bonchev–Trinajstić information content (AvgIpc) is 3.34. The van der Waals surface area contributed by atoms with Gasteiger partial charge in [0.05, 0.1) is 0 Å². The SMILES string of the molecule is Cc1onc(-c2ccccc2)c1C(=O)Nc1nnc(CCc2ccccc2)s1. The van der Waals surface area contributed by atoms with E-state index in [-0.39, 0.29) is 5.91 Å². The highest BCUT2D eigenvalue weighted by Crippen LogP contribution is 2.26. The van der Waals surface area contributed by atoms with E-state index in [4.69, 9.17) is 4.52 Å². The van der Waals surface area contributed by atoms with Crippen LogP contribution in [-0.4, -0.2) is 21.3 Å². The topological polar surface area (TPSA) is 80.9 Å². The number of carbonyl (C=O) groups excluding carboxylic acids is 1. The molecule has 1 N–H and O–H groups in total. The molecule has 7 heteroatoms. The summed E-state index contributed by atoms with van der Waals surface area (Å²) < 4.78 is 5.26. The summed E-state index contributed by atoms with van der Waals surface area (Å²) in [5.41, 5.74) is 3.00. The van der Waals surface area contributed by atoms with E-state index in [0.29, 0.717) is 22.1 Å². The van der Waals surface area contributed by atoms with Crippen molar-refractivity contribution in [2.75, 3.05) is 5.32 Å². The van der Waals surface area contributed by atoms with Gasteiger partial charge in [-0.2, -0.15) is 0 Å². The Morgan fingerprint density at radius 3 is 2.46 bits per heavy atom. The highest BCUT2D eigenvalue weighted by atomic mass is 32.1. The van der Waals surface area contributed by atoms with Crippen molar-refractivity contribution in [2.45, 2.75) is 19.8 Å². The van der Waals surface area contributed by atoms with Crippen LogP contribution in [0.3, 0.4) is 0 Å². The zero-order valence-corrected chi connectivity index (χ0v) is 16.1. The lowest BCUT2D eigenvalue weighted by Gasteiger charge is -2.02. The summed E-state index contributed by atoms with van der Waals surface area (Å²) in [6, 6.07) is 19.7. The van der Waals surface area contributed by atoms with Crippen molar-refractivity contribution in [3.63, 3.8) is 0 Å². The zero-order valence-electron chi connectivity index (χ0n) is 15.3. The largest absolute Gasteiger partial charge is 0.360 e. The second-order valence-corrected chi connectivity index (χ2v) is 7.33. The van der Waals surface area contributed by atoms with Crippen LogP contribution in [0, 0.1) is 6.92 Å². The summed E-state index contributed by atoms with van der Waals surface area (Å²) in [6.45, 7) is 1.72. The zero-order chi connectivity index (χ0) is 19.3. The van der Waals surface area contributed by atoms with Crippen molar-refractivity contribution in [3.8, 4) is 11.3 Å². The van der Waals surface area contributed by atoms with Gasteiger partial charge in [0.2, 0.25) is 5.13 Å². The van der Waals surface area contributed by atoms with Crippen LogP contribution in [0.1, 0.15) is 26.7 Å². The molecule has 4 rings (SSSR count). The molecule has 28 heavy (non-hydrogen) atoms. The van der Waals surface area contributed by atoms with Gasteiger partial charge in [-0.1, -0.05) is 77.2 Å². The lowest BCUT2D eigenvalue weighted by Crippen LogP contribution is -2.13. The van der Waals surface area contributed by atoms with E-state index >= 15 is 0 Å². The number of nitrogens with one attached hydrogen (secondary N) is 1. The van der Waals surface area contributed by atoms with Gasteiger partial charge < -0.3 is 4.52 Å². The molecule has 0 fully saturated rings. The quantitative estimate of drug-likeness (QED) is 0.523. The monoisotopic (exact) mass is 390 g/mol. The van der Waals surface area contributed by atoms with Crippen LogP contribution in [0.15, 0.2) is 65.2 Å². The Labute approximate surface area is 166 Å². The standard InChI is InChI=1S/C21H18N4O2S/c1-14-18(19(25-27-14)16-10-6-3-7-11-16)20(26)22-21-24-23-17(28-21)13-12-15-8-4-2-5-9-15/h2-11H,12-13H2,1H3,(H,22,24,26). The summed E-state index contributed by atoms with van der Waals surface area (Å²) in [6.07, 6.45) is 1.66. The van der Waals surface area contributed by atoms with Crippen molar-refractivity contribution in [1.82, 2.24) is 15.4 Å². The number of aromatic nitrogens is 3. The molecule has 0 aliphatic carbocycles. The lowest BCUT2D eigenvalue weighted by molar-refractivity contribution is 0.102. The fourth-order valence-corrected chi connectivity index (χ4v) is 3.63. The molecule has 2 heterocycles. The first-order chi connectivity index (χ1) is 13.7. The van der Waals surface area contributed by atoms with Gasteiger partial charge >= 0.3 is 0 Å². The Hall–Kier alpha value is -3.32. The molecule has 0 radical (unpaired) electrons. The first-order valence-corrected chi connectivity index (χ1v) is 9.71. The molecule has 0 aliphatic heterocycles. The fraction of sp³-hybridized carbons (Fsp3) is 0.143. The third-order valence-electron chi connectivity index (χ3n) is 4.29. The van der Waals surface area contributed by atoms with Crippen LogP contribution >= 0.6 is 11.3 Å². The molecular formula is C21H18N4O2S. The van der Waals surface area contributed by atoms with Gasteiger partial charge in [-0.15, -0.1) is 10.2 Å². The Balaban J connectivity index is 1.46. The third kappa shape index (κ3) is 3.99. The molecule has 0 saturated heterocycles. The highest BCUT2D eigenvalue weighted by Gasteiger charge is 2.22. The van der Waals surface area contributed by atoms with E-state index in [1.165, 1.54) is 16.9 Å². The van der Waals surface area contributed by atoms with Crippen LogP contribution in [0.5, 0.6) is 0 Å². The van der Waals surface area contributed by atoms with Gasteiger partial charge in [0, 0.05) is 12.0 Å². The van der Waals surface area contributed by atoms with Crippen molar-refractivity contribution >= 4 is 22.4 Å². The fourth-order valence-electron chi connectivity index (χ4n) is 2.89. The van der Waals surface area contributed by atoms with E-state index in [1.807, 2.05) is 48.5 Å². The summed E-state index contributed by atoms with van der Waals surface area (Å²) in [5, 5.41) is 16.5. The number of carbonyl (C=O) groups is 1. The van der Waals surface area contributed by atoms with E-state index in [2.05, 4.69) is 32.8 Å². The number of nitrogens with zero attached hydrogens (tertiary/aromatic N) is 3. The van der Waals surface area contributed by atoms with Gasteiger partial charge in [0.25, 0.3) is 5.91 Å². The second kappa shape index (κ2) is 8.14. The maximum atomic E-state index is 12.8. The van der Waals surface area contributed by atoms with Crippen LogP contribution in [0.2, 0.25) is 0 Å². The van der Waals surface area contributed by atoms with Crippen molar-refractivity contribution in [3.05, 3.63) is 82.6 Å². The molecule has 4 aromatic rings. The van der Waals surface area contributed by atoms with Crippen LogP contribution in [0.4, 0.5) is 5.13 Å². The minimum absolute atomic E-state index is 0.302. The Kier molecular flexibility index (Phi) is 5.25. The van der Waals surface area contributed by atoms with Crippen LogP contribution in [0.25, 0.3) is 11.3 Å². The van der Waals surface area contributed by atoms with Crippen LogP contribution < -0.4 is 5.32 Å². The first kappa shape index (κ1) is 18.1. The van der Waals surface area contributed by atoms with Gasteiger partial charge in [-0.05, 0) is 18.9 Å². The molecule has 1 amide bonds. The summed E-state index contributed by atoms with van der Waals surface area (Å²) in [7, 11) is 0. The summed E-state index contributed by atoms with van der Waals surface area (Å²) >= 11 is 1.38. The predicted octanol–water partition coefficient (Wildman–Crippen LogP) is 4.54. The first-order valence-electron chi connectivity index (χ1n) is 8.90. The van der Waals surface area contributed by atoms with Crippen molar-refractivity contribution < 1.29 is 9.32 Å². The van der Waals surface area contributed by atoms with Gasteiger partial charge in [0.15, 0.2) is 0 Å². The van der Waals surface area contributed by atoms with E-state index < -0.39 is 0 Å². The summed E-state index contributed by atoms with van der Waals surface area (Å²) in [4.78, 5) is 12.8. The molecule has 0 bridgehead atoms. The Bertz CT molecular complexity index is 1070. The number of aryl methyl sites for hydroxylation is 3. The van der Waals surface area contributed by atoms with E-state index in [1.54, 1.807) is 6.92 Å². The molecule has 0 unspecified atom stereocenters. The van der Waals surface area contributed by atoms with Gasteiger partial charge in [0.1, 0.15) is 22.0 Å². The smallest absolute Gasteiger partial charge is 0.263 e. The van der Waals surface area contributed by atoms with Crippen molar-refractivity contribution in [1.29, 1.82) is 0 Å². The molecule has 140 valence electrons. The number of rotatable bonds is 6. The number of benzene rings is 2. The number of hydrogen-bond acceptors (Lipinski definition) is 6. The van der Waals surface area contributed by atoms with E-state index in [9.17, 15) is 4.79 Å². The second-order valence-electron chi connectivity index (χ2n) is 6.27. The number of anilines is 1. The number of hydrogen-bond donors (Lipinski definition) is 1. The van der Waals surface area contributed by atoms with Crippen LogP contribution in [-0.2, 0) is 12.8 Å². The lowest BCUT2D eigenvalue weighted by atomic mass is 10.1. The Morgan fingerprint density at radius 1 is 1.00 bits per heavy atom. The normalized spacial score (nSPS) is 10.8. The van der Waals surface area contributed by atoms with Gasteiger partial charge in [-0.3, -0.25) is 10.1 Å². The highest BCUT2D eigenvalue weighted by molar-refractivity contribution is 7.15. The predicted molar refractivity (Wildman–Crippen MR) is 108 cm³/mol. The molecule has 6 nitrogen and oxygen atoms in total. The molecule has 2 aromatic carbocycles. The molecule has 2 aromatic heterocycles. The Morgan fingerprint density at radius 2 is 1.71 bits per heavy atom. The van der Waals surface area contributed by atoms with Gasteiger partial charge in [-0.25, -0.2) is 0 Å². The summed E-state index contributed by atoms with van der Waals surface area (Å²) in [5.74, 6) is 0.161. The number of amides is 1.